The first-order chi connectivity index (χ1) is 10.5. The Kier molecular flexibility index (Phi) is 5.94. The van der Waals surface area contributed by atoms with Gasteiger partial charge >= 0.3 is 18.0 Å². The van der Waals surface area contributed by atoms with Gasteiger partial charge in [-0.25, -0.2) is 9.59 Å². The van der Waals surface area contributed by atoms with Crippen molar-refractivity contribution in [1.82, 2.24) is 10.2 Å². The Balaban J connectivity index is 2.54. The number of carboxylic acids is 2. The average molecular weight is 330 g/mol. The lowest BCUT2D eigenvalue weighted by Crippen LogP contribution is -2.45. The highest BCUT2D eigenvalue weighted by molar-refractivity contribution is 5.86. The van der Waals surface area contributed by atoms with Gasteiger partial charge in [0.15, 0.2) is 0 Å². The fraction of sp³-hybridized carbons (Fsp3) is 0.714. The summed E-state index contributed by atoms with van der Waals surface area (Å²) >= 11 is 0. The number of nitrogens with one attached hydrogen (secondary N) is 1. The summed E-state index contributed by atoms with van der Waals surface area (Å²) in [4.78, 5) is 46.7. The van der Waals surface area contributed by atoms with E-state index < -0.39 is 35.6 Å². The van der Waals surface area contributed by atoms with E-state index >= 15 is 0 Å². The lowest BCUT2D eigenvalue weighted by Gasteiger charge is -2.23. The van der Waals surface area contributed by atoms with E-state index in [2.05, 4.69) is 5.32 Å². The molecule has 0 aromatic carbocycles. The molecule has 0 bridgehead atoms. The Bertz CT molecular complexity index is 498. The highest BCUT2D eigenvalue weighted by atomic mass is 16.6. The second-order valence-corrected chi connectivity index (χ2v) is 6.40. The molecule has 2 atom stereocenters. The predicted octanol–water partition coefficient (Wildman–Crippen LogP) is 0.288. The van der Waals surface area contributed by atoms with Gasteiger partial charge in [0.05, 0.1) is 5.92 Å². The monoisotopic (exact) mass is 330 g/mol. The molecule has 0 spiro atoms. The van der Waals surface area contributed by atoms with Crippen LogP contribution < -0.4 is 5.32 Å². The first kappa shape index (κ1) is 18.7. The van der Waals surface area contributed by atoms with Gasteiger partial charge in [-0.1, -0.05) is 0 Å². The van der Waals surface area contributed by atoms with E-state index in [0.717, 1.165) is 0 Å². The molecular formula is C14H22N2O7. The average Bonchev–Trinajstić information content (AvgIpc) is 2.73. The van der Waals surface area contributed by atoms with Gasteiger partial charge in [0.1, 0.15) is 11.6 Å². The van der Waals surface area contributed by atoms with Crippen molar-refractivity contribution in [1.29, 1.82) is 0 Å². The molecule has 3 N–H and O–H groups in total. The number of carbonyl (C=O) groups is 4. The van der Waals surface area contributed by atoms with Crippen molar-refractivity contribution in [2.75, 3.05) is 13.1 Å². The van der Waals surface area contributed by atoms with E-state index in [9.17, 15) is 19.2 Å². The first-order valence-electron chi connectivity index (χ1n) is 7.22. The summed E-state index contributed by atoms with van der Waals surface area (Å²) in [6, 6.07) is -1.22. The van der Waals surface area contributed by atoms with E-state index in [1.807, 2.05) is 0 Å². The molecule has 9 nitrogen and oxygen atoms in total. The summed E-state index contributed by atoms with van der Waals surface area (Å²) in [5.41, 5.74) is -0.757. The number of nitrogens with zero attached hydrogens (tertiary/aromatic N) is 1. The zero-order valence-electron chi connectivity index (χ0n) is 13.4. The van der Waals surface area contributed by atoms with Crippen LogP contribution in [0.25, 0.3) is 0 Å². The number of aliphatic carboxylic acids is 2. The van der Waals surface area contributed by atoms with Crippen LogP contribution in [-0.4, -0.2) is 63.8 Å². The fourth-order valence-electron chi connectivity index (χ4n) is 2.15. The number of hydrogen-bond donors (Lipinski definition) is 3. The van der Waals surface area contributed by atoms with Crippen LogP contribution in [0.1, 0.15) is 33.6 Å². The van der Waals surface area contributed by atoms with Gasteiger partial charge in [-0.2, -0.15) is 0 Å². The van der Waals surface area contributed by atoms with Gasteiger partial charge in [0.2, 0.25) is 5.91 Å². The second-order valence-electron chi connectivity index (χ2n) is 6.40. The van der Waals surface area contributed by atoms with Crippen LogP contribution in [0.3, 0.4) is 0 Å². The largest absolute Gasteiger partial charge is 0.481 e. The lowest BCUT2D eigenvalue weighted by atomic mass is 10.1. The molecule has 1 saturated heterocycles. The van der Waals surface area contributed by atoms with Crippen molar-refractivity contribution < 1.29 is 34.1 Å². The van der Waals surface area contributed by atoms with Crippen LogP contribution in [0.2, 0.25) is 0 Å². The Morgan fingerprint density at radius 3 is 2.39 bits per heavy atom. The number of amides is 2. The third-order valence-corrected chi connectivity index (χ3v) is 3.24. The smallest absolute Gasteiger partial charge is 0.408 e. The molecule has 23 heavy (non-hydrogen) atoms. The van der Waals surface area contributed by atoms with Crippen molar-refractivity contribution in [3.05, 3.63) is 0 Å². The predicted molar refractivity (Wildman–Crippen MR) is 77.7 cm³/mol. The third kappa shape index (κ3) is 6.13. The number of hydrogen-bond acceptors (Lipinski definition) is 5. The van der Waals surface area contributed by atoms with Crippen LogP contribution in [0.4, 0.5) is 4.79 Å². The molecule has 0 saturated carbocycles. The minimum atomic E-state index is -1.25. The third-order valence-electron chi connectivity index (χ3n) is 3.24. The van der Waals surface area contributed by atoms with Gasteiger partial charge in [0.25, 0.3) is 0 Å². The molecule has 2 amide bonds. The summed E-state index contributed by atoms with van der Waals surface area (Å²) < 4.78 is 4.99. The number of carbonyl (C=O) groups excluding carboxylic acids is 2. The normalized spacial score (nSPS) is 19.3. The summed E-state index contributed by atoms with van der Waals surface area (Å²) in [5, 5.41) is 20.3. The van der Waals surface area contributed by atoms with Crippen molar-refractivity contribution >= 4 is 23.9 Å². The molecule has 1 heterocycles. The highest BCUT2D eigenvalue weighted by Crippen LogP contribution is 2.18. The topological polar surface area (TPSA) is 133 Å². The number of alkyl carbamates (subject to hydrolysis) is 1. The molecule has 0 aliphatic carbocycles. The minimum Gasteiger partial charge on any atom is -0.481 e. The molecule has 1 unspecified atom stereocenters. The van der Waals surface area contributed by atoms with Gasteiger partial charge in [0, 0.05) is 19.5 Å². The summed E-state index contributed by atoms with van der Waals surface area (Å²) in [5.74, 6) is -3.41. The van der Waals surface area contributed by atoms with Crippen molar-refractivity contribution in [2.45, 2.75) is 45.3 Å². The lowest BCUT2D eigenvalue weighted by molar-refractivity contribution is -0.142. The molecule has 9 heteroatoms. The van der Waals surface area contributed by atoms with E-state index in [0.29, 0.717) is 0 Å². The van der Waals surface area contributed by atoms with Crippen LogP contribution >= 0.6 is 0 Å². The van der Waals surface area contributed by atoms with Crippen molar-refractivity contribution in [3.8, 4) is 0 Å². The Morgan fingerprint density at radius 1 is 1.35 bits per heavy atom. The van der Waals surface area contributed by atoms with Crippen LogP contribution in [-0.2, 0) is 19.1 Å². The maximum Gasteiger partial charge on any atom is 0.408 e. The van der Waals surface area contributed by atoms with Gasteiger partial charge < -0.3 is 25.2 Å². The summed E-state index contributed by atoms with van der Waals surface area (Å²) in [7, 11) is 0. The number of likely N-dealkylation sites (tertiary alicyclic amines) is 1. The molecule has 1 aliphatic rings. The quantitative estimate of drug-likeness (QED) is 0.637. The van der Waals surface area contributed by atoms with E-state index in [1.165, 1.54) is 4.90 Å². The molecule has 0 aromatic heterocycles. The van der Waals surface area contributed by atoms with Crippen LogP contribution in [0.5, 0.6) is 0 Å². The highest BCUT2D eigenvalue weighted by Gasteiger charge is 2.35. The molecule has 1 fully saturated rings. The second kappa shape index (κ2) is 7.30. The molecule has 1 aliphatic heterocycles. The van der Waals surface area contributed by atoms with Crippen molar-refractivity contribution in [3.63, 3.8) is 0 Å². The van der Waals surface area contributed by atoms with Crippen LogP contribution in [0.15, 0.2) is 0 Å². The zero-order chi connectivity index (χ0) is 17.8. The Hall–Kier alpha value is -2.32. The van der Waals surface area contributed by atoms with E-state index in [1.54, 1.807) is 20.8 Å². The Morgan fingerprint density at radius 2 is 1.96 bits per heavy atom. The number of carboxylic acid groups (broad SMARTS) is 2. The van der Waals surface area contributed by atoms with Gasteiger partial charge in [-0.3, -0.25) is 9.59 Å². The number of ether oxygens (including phenoxy) is 1. The molecule has 0 radical (unpaired) electrons. The molecule has 0 aromatic rings. The van der Waals surface area contributed by atoms with Crippen LogP contribution in [0, 0.1) is 5.92 Å². The van der Waals surface area contributed by atoms with Crippen molar-refractivity contribution in [2.24, 2.45) is 5.92 Å². The summed E-state index contributed by atoms with van der Waals surface area (Å²) in [6.45, 7) is 5.05. The van der Waals surface area contributed by atoms with E-state index in [4.69, 9.17) is 14.9 Å². The van der Waals surface area contributed by atoms with E-state index in [-0.39, 0.29) is 31.8 Å². The Labute approximate surface area is 133 Å². The SMILES string of the molecule is CC(C)(C)OC(=O)N[C@@H](CCN1CC(C(=O)O)CC1=O)C(=O)O. The zero-order valence-corrected chi connectivity index (χ0v) is 13.4. The minimum absolute atomic E-state index is 0.0351. The summed E-state index contributed by atoms with van der Waals surface area (Å²) in [6.07, 6.45) is -0.986. The molecule has 1 rings (SSSR count). The fourth-order valence-corrected chi connectivity index (χ4v) is 2.15. The van der Waals surface area contributed by atoms with Gasteiger partial charge in [-0.05, 0) is 27.2 Å². The maximum absolute atomic E-state index is 11.7. The molecular weight excluding hydrogens is 308 g/mol. The maximum atomic E-state index is 11.7. The van der Waals surface area contributed by atoms with Gasteiger partial charge in [-0.15, -0.1) is 0 Å². The number of rotatable bonds is 6. The standard InChI is InChI=1S/C14H22N2O7/c1-14(2,3)23-13(22)15-9(12(20)21)4-5-16-7-8(11(18)19)6-10(16)17/h8-9H,4-7H2,1-3H3,(H,15,22)(H,18,19)(H,20,21)/t8?,9-/m0/s1. The first-order valence-corrected chi connectivity index (χ1v) is 7.22. The molecule has 130 valence electrons.